The van der Waals surface area contributed by atoms with Gasteiger partial charge in [-0.25, -0.2) is 4.39 Å². The van der Waals surface area contributed by atoms with Gasteiger partial charge in [0.1, 0.15) is 5.82 Å². The Morgan fingerprint density at radius 2 is 1.96 bits per heavy atom. The third-order valence-corrected chi connectivity index (χ3v) is 3.86. The number of benzene rings is 2. The number of pyridine rings is 1. The van der Waals surface area contributed by atoms with Gasteiger partial charge in [-0.3, -0.25) is 14.9 Å². The third kappa shape index (κ3) is 2.97. The maximum absolute atomic E-state index is 13.3. The van der Waals surface area contributed by atoms with Gasteiger partial charge in [-0.2, -0.15) is 5.10 Å². The van der Waals surface area contributed by atoms with Crippen LogP contribution in [0.4, 0.5) is 10.1 Å². The van der Waals surface area contributed by atoms with Crippen LogP contribution in [-0.2, 0) is 0 Å². The molecule has 2 aromatic heterocycles. The van der Waals surface area contributed by atoms with E-state index in [1.165, 1.54) is 18.2 Å². The molecule has 0 atom stereocenters. The van der Waals surface area contributed by atoms with E-state index in [0.717, 1.165) is 16.6 Å². The number of carbonyl (C=O) groups excluding carboxylic acids is 1. The number of nitrogens with zero attached hydrogens (tertiary/aromatic N) is 2. The fourth-order valence-corrected chi connectivity index (χ4v) is 2.66. The molecule has 5 nitrogen and oxygen atoms in total. The van der Waals surface area contributed by atoms with Crippen LogP contribution in [0.25, 0.3) is 22.0 Å². The average molecular weight is 332 g/mol. The lowest BCUT2D eigenvalue weighted by Gasteiger charge is -2.04. The Morgan fingerprint density at radius 3 is 2.76 bits per heavy atom. The Kier molecular flexibility index (Phi) is 3.70. The largest absolute Gasteiger partial charge is 0.320 e. The Bertz CT molecular complexity index is 1060. The van der Waals surface area contributed by atoms with Gasteiger partial charge in [0, 0.05) is 29.0 Å². The quantitative estimate of drug-likeness (QED) is 0.595. The van der Waals surface area contributed by atoms with Gasteiger partial charge in [0.25, 0.3) is 5.91 Å². The van der Waals surface area contributed by atoms with Crippen LogP contribution in [0.5, 0.6) is 0 Å². The normalized spacial score (nSPS) is 10.8. The van der Waals surface area contributed by atoms with E-state index in [1.54, 1.807) is 18.5 Å². The monoisotopic (exact) mass is 332 g/mol. The summed E-state index contributed by atoms with van der Waals surface area (Å²) in [6.45, 7) is 0. The molecule has 4 aromatic rings. The van der Waals surface area contributed by atoms with Gasteiger partial charge in [0.15, 0.2) is 5.69 Å². The van der Waals surface area contributed by atoms with Crippen LogP contribution in [0.1, 0.15) is 10.5 Å². The van der Waals surface area contributed by atoms with Crippen LogP contribution in [-0.4, -0.2) is 21.1 Å². The van der Waals surface area contributed by atoms with Crippen molar-refractivity contribution in [3.8, 4) is 11.1 Å². The second kappa shape index (κ2) is 6.16. The first kappa shape index (κ1) is 15.0. The first-order chi connectivity index (χ1) is 12.2. The highest BCUT2D eigenvalue weighted by Crippen LogP contribution is 2.25. The number of halogens is 1. The van der Waals surface area contributed by atoms with E-state index in [2.05, 4.69) is 20.5 Å². The highest BCUT2D eigenvalue weighted by Gasteiger charge is 2.15. The smallest absolute Gasteiger partial charge is 0.276 e. The lowest BCUT2D eigenvalue weighted by Crippen LogP contribution is -2.12. The molecule has 0 aliphatic heterocycles. The lowest BCUT2D eigenvalue weighted by molar-refractivity contribution is 0.102. The minimum absolute atomic E-state index is 0.255. The molecule has 0 aliphatic rings. The highest BCUT2D eigenvalue weighted by atomic mass is 19.1. The van der Waals surface area contributed by atoms with Crippen LogP contribution in [0.15, 0.2) is 67.0 Å². The van der Waals surface area contributed by atoms with Crippen molar-refractivity contribution < 1.29 is 9.18 Å². The van der Waals surface area contributed by atoms with Crippen molar-refractivity contribution in [2.24, 2.45) is 0 Å². The van der Waals surface area contributed by atoms with Gasteiger partial charge in [-0.1, -0.05) is 18.2 Å². The van der Waals surface area contributed by atoms with Gasteiger partial charge < -0.3 is 5.32 Å². The maximum Gasteiger partial charge on any atom is 0.276 e. The number of carbonyl (C=O) groups is 1. The van der Waals surface area contributed by atoms with Crippen LogP contribution in [0.2, 0.25) is 0 Å². The summed E-state index contributed by atoms with van der Waals surface area (Å²) in [5.74, 6) is -0.816. The fraction of sp³-hybridized carbons (Fsp3) is 0. The fourth-order valence-electron chi connectivity index (χ4n) is 2.66. The molecule has 2 aromatic carbocycles. The lowest BCUT2D eigenvalue weighted by atomic mass is 10.0. The summed E-state index contributed by atoms with van der Waals surface area (Å²) in [6.07, 6.45) is 3.46. The standard InChI is InChI=1S/C19H13FN4O/c20-14-4-1-5-15(10-14)22-19(25)18-16-9-12(6-7-17(16)23-24-18)13-3-2-8-21-11-13/h1-11H,(H,22,25)(H,23,24). The van der Waals surface area contributed by atoms with E-state index in [4.69, 9.17) is 0 Å². The van der Waals surface area contributed by atoms with Crippen LogP contribution < -0.4 is 5.32 Å². The summed E-state index contributed by atoms with van der Waals surface area (Å²) < 4.78 is 13.3. The average Bonchev–Trinajstić information content (AvgIpc) is 3.06. The first-order valence-corrected chi connectivity index (χ1v) is 7.66. The Balaban J connectivity index is 1.71. The summed E-state index contributed by atoms with van der Waals surface area (Å²) in [5, 5.41) is 10.3. The van der Waals surface area contributed by atoms with E-state index in [0.29, 0.717) is 11.1 Å². The Labute approximate surface area is 142 Å². The molecule has 0 fully saturated rings. The zero-order valence-electron chi connectivity index (χ0n) is 13.0. The van der Waals surface area contributed by atoms with Gasteiger partial charge in [-0.15, -0.1) is 0 Å². The van der Waals surface area contributed by atoms with E-state index < -0.39 is 11.7 Å². The molecule has 0 radical (unpaired) electrons. The molecule has 0 saturated carbocycles. The molecule has 6 heteroatoms. The number of amides is 1. The molecule has 4 rings (SSSR count). The van der Waals surface area contributed by atoms with Crippen molar-refractivity contribution in [1.29, 1.82) is 0 Å². The third-order valence-electron chi connectivity index (χ3n) is 3.86. The zero-order chi connectivity index (χ0) is 17.2. The van der Waals surface area contributed by atoms with Crippen molar-refractivity contribution in [2.75, 3.05) is 5.32 Å². The predicted molar refractivity (Wildman–Crippen MR) is 93.7 cm³/mol. The second-order valence-corrected chi connectivity index (χ2v) is 5.54. The van der Waals surface area contributed by atoms with Gasteiger partial charge in [-0.05, 0) is 42.0 Å². The van der Waals surface area contributed by atoms with Gasteiger partial charge in [0.2, 0.25) is 0 Å². The Hall–Kier alpha value is -3.54. The molecular formula is C19H13FN4O. The summed E-state index contributed by atoms with van der Waals surface area (Å²) in [4.78, 5) is 16.6. The molecule has 25 heavy (non-hydrogen) atoms. The van der Waals surface area contributed by atoms with Gasteiger partial charge >= 0.3 is 0 Å². The maximum atomic E-state index is 13.3. The number of H-pyrrole nitrogens is 1. The number of hydrogen-bond donors (Lipinski definition) is 2. The van der Waals surface area contributed by atoms with E-state index in [9.17, 15) is 9.18 Å². The number of fused-ring (bicyclic) bond motifs is 1. The van der Waals surface area contributed by atoms with Crippen LogP contribution in [0.3, 0.4) is 0 Å². The van der Waals surface area contributed by atoms with E-state index in [-0.39, 0.29) is 5.69 Å². The molecule has 1 amide bonds. The number of aromatic amines is 1. The number of rotatable bonds is 3. The molecule has 0 spiro atoms. The van der Waals surface area contributed by atoms with E-state index >= 15 is 0 Å². The van der Waals surface area contributed by atoms with Crippen LogP contribution in [0, 0.1) is 5.82 Å². The predicted octanol–water partition coefficient (Wildman–Crippen LogP) is 4.02. The molecule has 2 N–H and O–H groups in total. The molecule has 0 unspecified atom stereocenters. The van der Waals surface area contributed by atoms with Crippen molar-refractivity contribution in [3.05, 3.63) is 78.5 Å². The van der Waals surface area contributed by atoms with E-state index in [1.807, 2.05) is 30.3 Å². The summed E-state index contributed by atoms with van der Waals surface area (Å²) in [7, 11) is 0. The van der Waals surface area contributed by atoms with Crippen molar-refractivity contribution in [2.45, 2.75) is 0 Å². The summed E-state index contributed by atoms with van der Waals surface area (Å²) in [6, 6.07) is 15.2. The Morgan fingerprint density at radius 1 is 1.04 bits per heavy atom. The topological polar surface area (TPSA) is 70.7 Å². The van der Waals surface area contributed by atoms with Crippen molar-refractivity contribution in [3.63, 3.8) is 0 Å². The molecule has 122 valence electrons. The van der Waals surface area contributed by atoms with Gasteiger partial charge in [0.05, 0.1) is 5.52 Å². The molecule has 2 heterocycles. The minimum atomic E-state index is -0.413. The molecular weight excluding hydrogens is 319 g/mol. The molecule has 0 saturated heterocycles. The van der Waals surface area contributed by atoms with Crippen molar-refractivity contribution >= 4 is 22.5 Å². The van der Waals surface area contributed by atoms with Crippen molar-refractivity contribution in [1.82, 2.24) is 15.2 Å². The summed E-state index contributed by atoms with van der Waals surface area (Å²) in [5.41, 5.74) is 3.26. The number of hydrogen-bond acceptors (Lipinski definition) is 3. The second-order valence-electron chi connectivity index (χ2n) is 5.54. The molecule has 0 aliphatic carbocycles. The molecule has 0 bridgehead atoms. The number of anilines is 1. The first-order valence-electron chi connectivity index (χ1n) is 7.66. The number of aromatic nitrogens is 3. The summed E-state index contributed by atoms with van der Waals surface area (Å²) >= 11 is 0. The number of nitrogens with one attached hydrogen (secondary N) is 2. The SMILES string of the molecule is O=C(Nc1cccc(F)c1)c1n[nH]c2ccc(-c3cccnc3)cc12. The van der Waals surface area contributed by atoms with Crippen LogP contribution >= 0.6 is 0 Å². The highest BCUT2D eigenvalue weighted by molar-refractivity contribution is 6.11. The minimum Gasteiger partial charge on any atom is -0.320 e. The zero-order valence-corrected chi connectivity index (χ0v) is 13.0.